The van der Waals surface area contributed by atoms with Crippen LogP contribution >= 0.6 is 0 Å². The van der Waals surface area contributed by atoms with Crippen LogP contribution in [0.3, 0.4) is 0 Å². The van der Waals surface area contributed by atoms with Gasteiger partial charge in [-0.05, 0) is 37.1 Å². The number of carbonyl (C=O) groups excluding carboxylic acids is 1. The number of anilines is 2. The van der Waals surface area contributed by atoms with Crippen molar-refractivity contribution in [3.05, 3.63) is 47.7 Å². The topological polar surface area (TPSA) is 148 Å². The zero-order chi connectivity index (χ0) is 24.1. The number of carbonyl (C=O) groups is 1. The molecule has 1 fully saturated rings. The van der Waals surface area contributed by atoms with Crippen molar-refractivity contribution in [1.82, 2.24) is 10.3 Å². The summed E-state index contributed by atoms with van der Waals surface area (Å²) in [6.45, 7) is 2.95. The van der Waals surface area contributed by atoms with Crippen molar-refractivity contribution in [2.24, 2.45) is 16.0 Å². The molecule has 1 amide bonds. The molecule has 4 rings (SSSR count). The van der Waals surface area contributed by atoms with Gasteiger partial charge in [0, 0.05) is 38.9 Å². The normalized spacial score (nSPS) is 18.9. The Labute approximate surface area is 198 Å². The summed E-state index contributed by atoms with van der Waals surface area (Å²) in [5.41, 5.74) is 7.20. The van der Waals surface area contributed by atoms with Gasteiger partial charge in [0.1, 0.15) is 11.6 Å². The molecule has 3 heterocycles. The van der Waals surface area contributed by atoms with Crippen LogP contribution in [0.25, 0.3) is 0 Å². The van der Waals surface area contributed by atoms with E-state index in [1.165, 1.54) is 0 Å². The quantitative estimate of drug-likeness (QED) is 0.468. The predicted octanol–water partition coefficient (Wildman–Crippen LogP) is 1.13. The van der Waals surface area contributed by atoms with Gasteiger partial charge < -0.3 is 25.4 Å². The highest BCUT2D eigenvalue weighted by atomic mass is 32.2. The second kappa shape index (κ2) is 10.3. The van der Waals surface area contributed by atoms with E-state index >= 15 is 0 Å². The molecule has 0 unspecified atom stereocenters. The number of nitrogens with zero attached hydrogens (tertiary/aromatic N) is 3. The molecule has 182 valence electrons. The van der Waals surface area contributed by atoms with E-state index in [0.29, 0.717) is 42.3 Å². The van der Waals surface area contributed by atoms with Crippen LogP contribution in [-0.2, 0) is 14.9 Å². The third-order valence-corrected chi connectivity index (χ3v) is 6.57. The van der Waals surface area contributed by atoms with Crippen molar-refractivity contribution >= 4 is 33.5 Å². The van der Waals surface area contributed by atoms with Crippen LogP contribution in [0, 0.1) is 5.92 Å². The minimum atomic E-state index is -3.84. The van der Waals surface area contributed by atoms with Gasteiger partial charge in [-0.3, -0.25) is 9.52 Å². The summed E-state index contributed by atoms with van der Waals surface area (Å²) in [7, 11) is -2.25. The van der Waals surface area contributed by atoms with Crippen molar-refractivity contribution in [3.8, 4) is 5.75 Å². The van der Waals surface area contributed by atoms with Crippen LogP contribution in [0.5, 0.6) is 5.75 Å². The van der Waals surface area contributed by atoms with Gasteiger partial charge in [-0.25, -0.2) is 4.98 Å². The first-order chi connectivity index (χ1) is 16.4. The number of pyridine rings is 1. The summed E-state index contributed by atoms with van der Waals surface area (Å²) < 4.78 is 40.4. The third-order valence-electron chi connectivity index (χ3n) is 5.66. The van der Waals surface area contributed by atoms with Crippen LogP contribution in [0.15, 0.2) is 40.9 Å². The maximum Gasteiger partial charge on any atom is 0.344 e. The molecule has 1 aromatic carbocycles. The highest BCUT2D eigenvalue weighted by Gasteiger charge is 2.26. The van der Waals surface area contributed by atoms with E-state index in [0.717, 1.165) is 31.7 Å². The number of hydrogen-bond acceptors (Lipinski definition) is 8. The van der Waals surface area contributed by atoms with Crippen LogP contribution < -0.4 is 25.4 Å². The number of rotatable bonds is 8. The largest absolute Gasteiger partial charge is 0.492 e. The van der Waals surface area contributed by atoms with E-state index < -0.39 is 10.2 Å². The van der Waals surface area contributed by atoms with Gasteiger partial charge in [0.25, 0.3) is 5.91 Å². The fourth-order valence-electron chi connectivity index (χ4n) is 4.03. The number of amidine groups is 1. The number of amides is 1. The van der Waals surface area contributed by atoms with E-state index in [1.54, 1.807) is 37.6 Å². The Kier molecular flexibility index (Phi) is 7.17. The maximum atomic E-state index is 12.1. The van der Waals surface area contributed by atoms with Crippen LogP contribution in [0.4, 0.5) is 11.5 Å². The second-order valence-corrected chi connectivity index (χ2v) is 9.49. The van der Waals surface area contributed by atoms with Gasteiger partial charge >= 0.3 is 10.2 Å². The molecule has 34 heavy (non-hydrogen) atoms. The van der Waals surface area contributed by atoms with Gasteiger partial charge in [-0.15, -0.1) is 4.40 Å². The molecule has 2 aliphatic heterocycles. The lowest BCUT2D eigenvalue weighted by atomic mass is 9.99. The van der Waals surface area contributed by atoms with Gasteiger partial charge in [-0.1, -0.05) is 6.07 Å². The first-order valence-electron chi connectivity index (χ1n) is 11.0. The van der Waals surface area contributed by atoms with E-state index in [1.807, 2.05) is 6.07 Å². The molecule has 11 nitrogen and oxygen atoms in total. The molecule has 12 heteroatoms. The predicted molar refractivity (Wildman–Crippen MR) is 129 cm³/mol. The Morgan fingerprint density at radius 1 is 1.32 bits per heavy atom. The SMILES string of the molecule is COCCNC(=O)c1ccc(N2CCC[C@H](COc3cccc4c3C(N)=NS(=O)(=O)N4)C2)nc1. The van der Waals surface area contributed by atoms with Crippen molar-refractivity contribution in [1.29, 1.82) is 0 Å². The van der Waals surface area contributed by atoms with E-state index in [4.69, 9.17) is 15.2 Å². The summed E-state index contributed by atoms with van der Waals surface area (Å²) in [6.07, 6.45) is 3.55. The first-order valence-corrected chi connectivity index (χ1v) is 12.4. The Balaban J connectivity index is 1.37. The minimum absolute atomic E-state index is 0.0924. The summed E-state index contributed by atoms with van der Waals surface area (Å²) in [5, 5.41) is 2.78. The van der Waals surface area contributed by atoms with Gasteiger partial charge in [-0.2, -0.15) is 8.42 Å². The lowest BCUT2D eigenvalue weighted by Crippen LogP contribution is -2.38. The van der Waals surface area contributed by atoms with Gasteiger partial charge in [0.2, 0.25) is 0 Å². The number of nitrogens with two attached hydrogens (primary N) is 1. The lowest BCUT2D eigenvalue weighted by molar-refractivity contribution is 0.0936. The average Bonchev–Trinajstić information content (AvgIpc) is 2.82. The summed E-state index contributed by atoms with van der Waals surface area (Å²) in [4.78, 5) is 18.8. The summed E-state index contributed by atoms with van der Waals surface area (Å²) in [5.74, 6) is 1.26. The van der Waals surface area contributed by atoms with Crippen LogP contribution in [-0.4, -0.2) is 65.1 Å². The molecular weight excluding hydrogens is 460 g/mol. The number of ether oxygens (including phenoxy) is 2. The Morgan fingerprint density at radius 2 is 2.18 bits per heavy atom. The minimum Gasteiger partial charge on any atom is -0.492 e. The van der Waals surface area contributed by atoms with Crippen LogP contribution in [0.1, 0.15) is 28.8 Å². The van der Waals surface area contributed by atoms with E-state index in [9.17, 15) is 13.2 Å². The fourth-order valence-corrected chi connectivity index (χ4v) is 4.87. The molecule has 0 aliphatic carbocycles. The van der Waals surface area contributed by atoms with Crippen molar-refractivity contribution in [2.45, 2.75) is 12.8 Å². The average molecular weight is 489 g/mol. The van der Waals surface area contributed by atoms with Crippen molar-refractivity contribution in [3.63, 3.8) is 0 Å². The number of methoxy groups -OCH3 is 1. The van der Waals surface area contributed by atoms with Gasteiger partial charge in [0.15, 0.2) is 5.84 Å². The smallest absolute Gasteiger partial charge is 0.344 e. The number of benzene rings is 1. The molecule has 4 N–H and O–H groups in total. The van der Waals surface area contributed by atoms with Gasteiger partial charge in [0.05, 0.1) is 30.0 Å². The molecule has 0 bridgehead atoms. The highest BCUT2D eigenvalue weighted by Crippen LogP contribution is 2.31. The first kappa shape index (κ1) is 23.8. The summed E-state index contributed by atoms with van der Waals surface area (Å²) >= 11 is 0. The molecular formula is C22H28N6O5S. The molecule has 1 saturated heterocycles. The molecule has 0 radical (unpaired) electrons. The van der Waals surface area contributed by atoms with Crippen LogP contribution in [0.2, 0.25) is 0 Å². The molecule has 2 aliphatic rings. The lowest BCUT2D eigenvalue weighted by Gasteiger charge is -2.33. The van der Waals surface area contributed by atoms with E-state index in [-0.39, 0.29) is 17.7 Å². The standard InChI is InChI=1S/C22H28N6O5S/c1-32-11-9-24-22(29)16-7-8-19(25-12-16)28-10-3-4-15(13-28)14-33-18-6-2-5-17-20(18)21(23)27-34(30,31)26-17/h2,5-8,12,15,26H,3-4,9-11,13-14H2,1H3,(H2,23,27)(H,24,29)/t15-/m0/s1. The number of aromatic nitrogens is 1. The fraction of sp³-hybridized carbons (Fsp3) is 0.409. The monoisotopic (exact) mass is 488 g/mol. The molecule has 1 aromatic heterocycles. The van der Waals surface area contributed by atoms with Crippen molar-refractivity contribution in [2.75, 3.05) is 49.6 Å². The zero-order valence-electron chi connectivity index (χ0n) is 18.9. The number of hydrogen-bond donors (Lipinski definition) is 3. The highest BCUT2D eigenvalue weighted by molar-refractivity contribution is 7.91. The Morgan fingerprint density at radius 3 is 2.94 bits per heavy atom. The second-order valence-electron chi connectivity index (χ2n) is 8.15. The Hall–Kier alpha value is -3.38. The Bertz CT molecular complexity index is 1170. The summed E-state index contributed by atoms with van der Waals surface area (Å²) in [6, 6.07) is 8.70. The van der Waals surface area contributed by atoms with E-state index in [2.05, 4.69) is 24.3 Å². The third kappa shape index (κ3) is 5.57. The molecule has 1 atom stereocenters. The maximum absolute atomic E-state index is 12.1. The van der Waals surface area contributed by atoms with Crippen molar-refractivity contribution < 1.29 is 22.7 Å². The number of nitrogens with one attached hydrogen (secondary N) is 2. The number of fused-ring (bicyclic) bond motifs is 1. The molecule has 0 saturated carbocycles. The molecule has 0 spiro atoms. The molecule has 2 aromatic rings. The zero-order valence-corrected chi connectivity index (χ0v) is 19.7. The number of piperidine rings is 1.